The largest absolute Gasteiger partial charge is 0.378 e. The summed E-state index contributed by atoms with van der Waals surface area (Å²) in [6.45, 7) is 0.942. The van der Waals surface area contributed by atoms with Crippen LogP contribution in [0.3, 0.4) is 0 Å². The molecule has 2 aromatic carbocycles. The number of amides is 1. The summed E-state index contributed by atoms with van der Waals surface area (Å²) in [5.41, 5.74) is 2.06. The quantitative estimate of drug-likeness (QED) is 0.670. The third-order valence-electron chi connectivity index (χ3n) is 5.69. The number of hydrogen-bond donors (Lipinski definition) is 2. The summed E-state index contributed by atoms with van der Waals surface area (Å²) < 4.78 is 1.49. The number of aliphatic imine (C=N–C) groups is 1. The van der Waals surface area contributed by atoms with Gasteiger partial charge < -0.3 is 15.2 Å². The van der Waals surface area contributed by atoms with E-state index in [4.69, 9.17) is 0 Å². The summed E-state index contributed by atoms with van der Waals surface area (Å²) in [6.07, 6.45) is 9.31. The van der Waals surface area contributed by atoms with E-state index in [9.17, 15) is 9.59 Å². The molecule has 5 rings (SSSR count). The van der Waals surface area contributed by atoms with E-state index in [2.05, 4.69) is 15.6 Å². The maximum atomic E-state index is 12.3. The van der Waals surface area contributed by atoms with Crippen LogP contribution >= 0.6 is 0 Å². The predicted molar refractivity (Wildman–Crippen MR) is 126 cm³/mol. The number of benzene rings is 2. The molecule has 2 aliphatic rings. The molecule has 6 nitrogen and oxygen atoms in total. The van der Waals surface area contributed by atoms with Crippen LogP contribution in [0.4, 0.5) is 11.4 Å². The van der Waals surface area contributed by atoms with E-state index in [-0.39, 0.29) is 24.1 Å². The second-order valence-electron chi connectivity index (χ2n) is 7.95. The topological polar surface area (TPSA) is 75.5 Å². The first-order valence-electron chi connectivity index (χ1n) is 10.9. The monoisotopic (exact) mass is 416 g/mol. The van der Waals surface area contributed by atoms with Gasteiger partial charge in [-0.1, -0.05) is 49.6 Å². The third-order valence-corrected chi connectivity index (χ3v) is 5.69. The zero-order valence-corrected chi connectivity index (χ0v) is 17.6. The van der Waals surface area contributed by atoms with Crippen molar-refractivity contribution < 1.29 is 4.79 Å². The molecule has 0 radical (unpaired) electrons. The molecular weight excluding hydrogens is 388 g/mol. The minimum Gasteiger partial charge on any atom is -0.378 e. The molecular formula is C25H28N4O2. The van der Waals surface area contributed by atoms with Gasteiger partial charge in [-0.05, 0) is 42.5 Å². The Labute approximate surface area is 182 Å². The van der Waals surface area contributed by atoms with Gasteiger partial charge in [0, 0.05) is 23.8 Å². The number of aromatic nitrogens is 1. The lowest BCUT2D eigenvalue weighted by molar-refractivity contribution is -0.122. The summed E-state index contributed by atoms with van der Waals surface area (Å²) in [6, 6.07) is 17.6. The van der Waals surface area contributed by atoms with Crippen molar-refractivity contribution in [3.05, 3.63) is 71.1 Å². The Morgan fingerprint density at radius 1 is 1.03 bits per heavy atom. The Kier molecular flexibility index (Phi) is 6.77. The molecule has 1 aliphatic carbocycles. The number of para-hydroxylation sites is 2. The van der Waals surface area contributed by atoms with Crippen LogP contribution in [0.15, 0.2) is 70.6 Å². The highest BCUT2D eigenvalue weighted by atomic mass is 16.2. The Balaban J connectivity index is 0.000000192. The number of pyridine rings is 1. The zero-order valence-electron chi connectivity index (χ0n) is 17.6. The standard InChI is InChI=1S/C17H20N2O2.C8H8N2/c20-16(18-14-7-2-1-3-8-14)12-19-11-10-13-6-4-5-9-15(13)17(19)21;1-2-4-8-7(3-1)9-5-6-10-8/h4-6,9-11,14H,1-3,7-8,12H2,(H,18,20);1-5,10H,6H2. The molecule has 2 heterocycles. The molecule has 1 saturated carbocycles. The molecule has 6 heteroatoms. The van der Waals surface area contributed by atoms with Gasteiger partial charge in [-0.3, -0.25) is 14.6 Å². The summed E-state index contributed by atoms with van der Waals surface area (Å²) in [7, 11) is 0. The van der Waals surface area contributed by atoms with Gasteiger partial charge in [-0.25, -0.2) is 0 Å². The lowest BCUT2D eigenvalue weighted by Gasteiger charge is -2.22. The van der Waals surface area contributed by atoms with Crippen LogP contribution in [0, 0.1) is 0 Å². The van der Waals surface area contributed by atoms with Crippen LogP contribution in [-0.4, -0.2) is 29.3 Å². The van der Waals surface area contributed by atoms with Gasteiger partial charge in [0.2, 0.25) is 5.91 Å². The Morgan fingerprint density at radius 2 is 1.81 bits per heavy atom. The molecule has 1 amide bonds. The van der Waals surface area contributed by atoms with E-state index in [0.29, 0.717) is 5.39 Å². The van der Waals surface area contributed by atoms with E-state index in [1.807, 2.05) is 54.7 Å². The van der Waals surface area contributed by atoms with E-state index in [1.165, 1.54) is 23.8 Å². The van der Waals surface area contributed by atoms with Gasteiger partial charge in [0.25, 0.3) is 5.56 Å². The van der Waals surface area contributed by atoms with Crippen molar-refractivity contribution in [1.29, 1.82) is 0 Å². The fourth-order valence-electron chi connectivity index (χ4n) is 4.06. The molecule has 0 saturated heterocycles. The molecule has 0 atom stereocenters. The van der Waals surface area contributed by atoms with E-state index < -0.39 is 0 Å². The maximum Gasteiger partial charge on any atom is 0.258 e. The van der Waals surface area contributed by atoms with Gasteiger partial charge in [0.1, 0.15) is 6.54 Å². The maximum absolute atomic E-state index is 12.3. The molecule has 31 heavy (non-hydrogen) atoms. The Hall–Kier alpha value is -3.41. The molecule has 1 fully saturated rings. The highest BCUT2D eigenvalue weighted by Gasteiger charge is 2.16. The predicted octanol–water partition coefficient (Wildman–Crippen LogP) is 4.26. The lowest BCUT2D eigenvalue weighted by Crippen LogP contribution is -2.39. The lowest BCUT2D eigenvalue weighted by atomic mass is 9.95. The van der Waals surface area contributed by atoms with E-state index in [1.54, 1.807) is 12.3 Å². The molecule has 3 aromatic rings. The number of nitrogens with one attached hydrogen (secondary N) is 2. The average molecular weight is 417 g/mol. The van der Waals surface area contributed by atoms with Crippen LogP contribution < -0.4 is 16.2 Å². The normalized spacial score (nSPS) is 15.4. The highest BCUT2D eigenvalue weighted by Crippen LogP contribution is 2.25. The van der Waals surface area contributed by atoms with Crippen LogP contribution in [-0.2, 0) is 11.3 Å². The summed E-state index contributed by atoms with van der Waals surface area (Å²) in [4.78, 5) is 28.6. The minimum absolute atomic E-state index is 0.0701. The summed E-state index contributed by atoms with van der Waals surface area (Å²) in [5.74, 6) is -0.0701. The number of hydrogen-bond acceptors (Lipinski definition) is 4. The highest BCUT2D eigenvalue weighted by molar-refractivity contribution is 5.82. The Bertz CT molecular complexity index is 1130. The number of carbonyl (C=O) groups excluding carboxylic acids is 1. The van der Waals surface area contributed by atoms with Gasteiger partial charge in [0.05, 0.1) is 17.9 Å². The van der Waals surface area contributed by atoms with Crippen molar-refractivity contribution >= 4 is 34.3 Å². The first kappa shape index (κ1) is 20.8. The van der Waals surface area contributed by atoms with Crippen LogP contribution in [0.5, 0.6) is 0 Å². The molecule has 1 aliphatic heterocycles. The summed E-state index contributed by atoms with van der Waals surface area (Å²) >= 11 is 0. The molecule has 160 valence electrons. The number of fused-ring (bicyclic) bond motifs is 2. The zero-order chi connectivity index (χ0) is 21.5. The molecule has 1 aromatic heterocycles. The van der Waals surface area contributed by atoms with Gasteiger partial charge in [-0.15, -0.1) is 0 Å². The Morgan fingerprint density at radius 3 is 2.65 bits per heavy atom. The van der Waals surface area contributed by atoms with E-state index >= 15 is 0 Å². The first-order valence-corrected chi connectivity index (χ1v) is 10.9. The molecule has 2 N–H and O–H groups in total. The van der Waals surface area contributed by atoms with Crippen molar-refractivity contribution in [2.45, 2.75) is 44.7 Å². The number of nitrogens with zero attached hydrogens (tertiary/aromatic N) is 2. The SMILES string of the molecule is C1=Nc2ccccc2NC1.O=C(Cn1ccc2ccccc2c1=O)NC1CCCCC1. The van der Waals surface area contributed by atoms with Crippen molar-refractivity contribution in [1.82, 2.24) is 9.88 Å². The van der Waals surface area contributed by atoms with Crippen LogP contribution in [0.25, 0.3) is 10.8 Å². The molecule has 0 bridgehead atoms. The number of anilines is 1. The number of rotatable bonds is 3. The third kappa shape index (κ3) is 5.40. The molecule has 0 unspecified atom stereocenters. The van der Waals surface area contributed by atoms with Crippen molar-refractivity contribution in [3.63, 3.8) is 0 Å². The first-order chi connectivity index (χ1) is 15.2. The van der Waals surface area contributed by atoms with Gasteiger partial charge in [-0.2, -0.15) is 0 Å². The van der Waals surface area contributed by atoms with Crippen LogP contribution in [0.1, 0.15) is 32.1 Å². The smallest absolute Gasteiger partial charge is 0.258 e. The molecule has 0 spiro atoms. The van der Waals surface area contributed by atoms with E-state index in [0.717, 1.165) is 36.1 Å². The van der Waals surface area contributed by atoms with Crippen molar-refractivity contribution in [2.75, 3.05) is 11.9 Å². The average Bonchev–Trinajstić information content (AvgIpc) is 2.82. The summed E-state index contributed by atoms with van der Waals surface area (Å²) in [5, 5.41) is 7.82. The minimum atomic E-state index is -0.105. The second-order valence-corrected chi connectivity index (χ2v) is 7.95. The van der Waals surface area contributed by atoms with Crippen LogP contribution in [0.2, 0.25) is 0 Å². The fraction of sp³-hybridized carbons (Fsp3) is 0.320. The van der Waals surface area contributed by atoms with Crippen molar-refractivity contribution in [3.8, 4) is 0 Å². The van der Waals surface area contributed by atoms with Crippen molar-refractivity contribution in [2.24, 2.45) is 4.99 Å². The second kappa shape index (κ2) is 10.1. The fourth-order valence-corrected chi connectivity index (χ4v) is 4.06. The van der Waals surface area contributed by atoms with Gasteiger partial charge >= 0.3 is 0 Å². The van der Waals surface area contributed by atoms with Gasteiger partial charge in [0.15, 0.2) is 0 Å². The number of carbonyl (C=O) groups is 1.